The molecule has 35 heavy (non-hydrogen) atoms. The molecular weight excluding hydrogens is 440 g/mol. The first-order valence-corrected chi connectivity index (χ1v) is 12.6. The number of fused-ring (bicyclic) bond motifs is 1. The Labute approximate surface area is 206 Å². The maximum absolute atomic E-state index is 13.0. The van der Waals surface area contributed by atoms with E-state index in [4.69, 9.17) is 0 Å². The molecule has 184 valence electrons. The summed E-state index contributed by atoms with van der Waals surface area (Å²) < 4.78 is 1.74. The molecule has 1 aliphatic heterocycles. The molecule has 8 nitrogen and oxygen atoms in total. The zero-order chi connectivity index (χ0) is 24.5. The van der Waals surface area contributed by atoms with Crippen molar-refractivity contribution < 1.29 is 9.59 Å². The van der Waals surface area contributed by atoms with E-state index in [-0.39, 0.29) is 23.8 Å². The fourth-order valence-electron chi connectivity index (χ4n) is 5.15. The Morgan fingerprint density at radius 3 is 2.40 bits per heavy atom. The number of nitrogens with one attached hydrogen (secondary N) is 1. The van der Waals surface area contributed by atoms with Crippen LogP contribution in [0.4, 0.5) is 0 Å². The van der Waals surface area contributed by atoms with E-state index < -0.39 is 0 Å². The second-order valence-corrected chi connectivity index (χ2v) is 10.1. The van der Waals surface area contributed by atoms with Crippen LogP contribution in [0.1, 0.15) is 47.3 Å². The van der Waals surface area contributed by atoms with E-state index in [0.717, 1.165) is 63.1 Å². The molecular formula is C27H34N6O2. The van der Waals surface area contributed by atoms with Crippen LogP contribution in [0, 0.1) is 19.8 Å². The molecule has 3 heterocycles. The summed E-state index contributed by atoms with van der Waals surface area (Å²) in [5, 5.41) is 7.74. The molecule has 2 amide bonds. The number of carbonyl (C=O) groups is 2. The number of hydrogen-bond donors (Lipinski definition) is 1. The van der Waals surface area contributed by atoms with Crippen molar-refractivity contribution >= 4 is 17.5 Å². The van der Waals surface area contributed by atoms with Gasteiger partial charge in [-0.25, -0.2) is 9.50 Å². The van der Waals surface area contributed by atoms with Crippen LogP contribution >= 0.6 is 0 Å². The number of rotatable bonds is 4. The minimum atomic E-state index is -0.185. The molecule has 2 fully saturated rings. The van der Waals surface area contributed by atoms with Gasteiger partial charge in [0, 0.05) is 56.0 Å². The molecule has 1 aliphatic carbocycles. The molecule has 0 radical (unpaired) electrons. The second-order valence-electron chi connectivity index (χ2n) is 10.1. The van der Waals surface area contributed by atoms with Crippen molar-refractivity contribution in [1.82, 2.24) is 29.7 Å². The maximum atomic E-state index is 13.0. The van der Waals surface area contributed by atoms with Gasteiger partial charge >= 0.3 is 0 Å². The molecule has 1 saturated carbocycles. The largest absolute Gasteiger partial charge is 0.348 e. The predicted octanol–water partition coefficient (Wildman–Crippen LogP) is 3.08. The summed E-state index contributed by atoms with van der Waals surface area (Å²) >= 11 is 0. The Morgan fingerprint density at radius 1 is 0.943 bits per heavy atom. The number of nitrogens with zero attached hydrogens (tertiary/aromatic N) is 5. The van der Waals surface area contributed by atoms with Gasteiger partial charge in [-0.05, 0) is 69.8 Å². The highest BCUT2D eigenvalue weighted by Crippen LogP contribution is 2.27. The Hall–Kier alpha value is -3.26. The van der Waals surface area contributed by atoms with Crippen LogP contribution in [0.25, 0.3) is 16.9 Å². The van der Waals surface area contributed by atoms with Crippen LogP contribution in [0.2, 0.25) is 0 Å². The van der Waals surface area contributed by atoms with Gasteiger partial charge < -0.3 is 15.1 Å². The van der Waals surface area contributed by atoms with E-state index in [2.05, 4.69) is 59.4 Å². The lowest BCUT2D eigenvalue weighted by Gasteiger charge is -2.36. The van der Waals surface area contributed by atoms with Gasteiger partial charge in [0.15, 0.2) is 11.3 Å². The number of carbonyl (C=O) groups excluding carboxylic acids is 2. The first kappa shape index (κ1) is 23.5. The molecule has 0 unspecified atom stereocenters. The average molecular weight is 475 g/mol. The molecule has 0 spiro atoms. The normalized spacial score (nSPS) is 21.3. The maximum Gasteiger partial charge on any atom is 0.272 e. The second kappa shape index (κ2) is 9.77. The molecule has 8 heteroatoms. The number of likely N-dealkylation sites (N-methyl/N-ethyl adjacent to an activating group) is 1. The van der Waals surface area contributed by atoms with Gasteiger partial charge in [-0.2, -0.15) is 5.10 Å². The van der Waals surface area contributed by atoms with Gasteiger partial charge in [-0.3, -0.25) is 9.59 Å². The van der Waals surface area contributed by atoms with Crippen LogP contribution in [0.5, 0.6) is 0 Å². The monoisotopic (exact) mass is 474 g/mol. The predicted molar refractivity (Wildman–Crippen MR) is 135 cm³/mol. The molecule has 5 rings (SSSR count). The highest BCUT2D eigenvalue weighted by Gasteiger charge is 2.31. The summed E-state index contributed by atoms with van der Waals surface area (Å²) in [5.74, 6) is 0.176. The summed E-state index contributed by atoms with van der Waals surface area (Å²) in [7, 11) is 2.10. The fourth-order valence-corrected chi connectivity index (χ4v) is 5.15. The Morgan fingerprint density at radius 2 is 1.69 bits per heavy atom. The highest BCUT2D eigenvalue weighted by molar-refractivity contribution is 5.93. The molecule has 2 aliphatic rings. The van der Waals surface area contributed by atoms with Crippen molar-refractivity contribution in [2.75, 3.05) is 33.2 Å². The summed E-state index contributed by atoms with van der Waals surface area (Å²) in [6.45, 7) is 7.70. The standard InChI is InChI=1S/C27H34N6O2/c1-18-4-5-21(16-19(18)2)24-10-11-28-25-17-23(30-33(24)25)26(34)29-22-8-6-20(7-9-22)27(35)32-14-12-31(3)13-15-32/h4-5,10-11,16-17,20,22H,6-9,12-15H2,1-3H3,(H,29,34). The molecule has 0 bridgehead atoms. The molecule has 0 atom stereocenters. The average Bonchev–Trinajstić information content (AvgIpc) is 3.31. The third-order valence-electron chi connectivity index (χ3n) is 7.62. The topological polar surface area (TPSA) is 82.8 Å². The molecule has 1 saturated heterocycles. The van der Waals surface area contributed by atoms with Crippen molar-refractivity contribution in [1.29, 1.82) is 0 Å². The number of aromatic nitrogens is 3. The van der Waals surface area contributed by atoms with E-state index in [1.54, 1.807) is 16.8 Å². The van der Waals surface area contributed by atoms with Crippen molar-refractivity contribution in [3.63, 3.8) is 0 Å². The smallest absolute Gasteiger partial charge is 0.272 e. The summed E-state index contributed by atoms with van der Waals surface area (Å²) in [6, 6.07) is 10.0. The van der Waals surface area contributed by atoms with Gasteiger partial charge in [0.2, 0.25) is 5.91 Å². The first-order valence-electron chi connectivity index (χ1n) is 12.6. The molecule has 1 aromatic carbocycles. The number of piperazine rings is 1. The summed E-state index contributed by atoms with van der Waals surface area (Å²) in [6.07, 6.45) is 5.02. The SMILES string of the molecule is Cc1ccc(-c2ccnc3cc(C(=O)NC4CCC(C(=O)N5CCN(C)CC5)CC4)nn23)cc1C. The van der Waals surface area contributed by atoms with Crippen LogP contribution in [0.15, 0.2) is 36.5 Å². The van der Waals surface area contributed by atoms with Gasteiger partial charge in [0.1, 0.15) is 0 Å². The van der Waals surface area contributed by atoms with Crippen molar-refractivity contribution in [3.8, 4) is 11.3 Å². The minimum absolute atomic E-state index is 0.0658. The van der Waals surface area contributed by atoms with Crippen LogP contribution in [-0.4, -0.2) is 75.5 Å². The Kier molecular flexibility index (Phi) is 6.56. The van der Waals surface area contributed by atoms with Crippen LogP contribution < -0.4 is 5.32 Å². The van der Waals surface area contributed by atoms with Crippen molar-refractivity contribution in [2.45, 2.75) is 45.6 Å². The molecule has 2 aromatic heterocycles. The Balaban J connectivity index is 1.23. The van der Waals surface area contributed by atoms with E-state index >= 15 is 0 Å². The van der Waals surface area contributed by atoms with E-state index in [1.165, 1.54) is 11.1 Å². The van der Waals surface area contributed by atoms with E-state index in [0.29, 0.717) is 11.3 Å². The van der Waals surface area contributed by atoms with Gasteiger partial charge in [-0.1, -0.05) is 12.1 Å². The van der Waals surface area contributed by atoms with E-state index in [9.17, 15) is 9.59 Å². The first-order chi connectivity index (χ1) is 16.9. The molecule has 1 N–H and O–H groups in total. The van der Waals surface area contributed by atoms with Crippen LogP contribution in [-0.2, 0) is 4.79 Å². The summed E-state index contributed by atoms with van der Waals surface area (Å²) in [4.78, 5) is 34.6. The highest BCUT2D eigenvalue weighted by atomic mass is 16.2. The number of benzene rings is 1. The zero-order valence-corrected chi connectivity index (χ0v) is 20.8. The fraction of sp³-hybridized carbons (Fsp3) is 0.481. The van der Waals surface area contributed by atoms with E-state index in [1.807, 2.05) is 11.0 Å². The Bertz CT molecular complexity index is 1240. The van der Waals surface area contributed by atoms with Gasteiger partial charge in [0.25, 0.3) is 5.91 Å². The number of amides is 2. The zero-order valence-electron chi connectivity index (χ0n) is 20.8. The summed E-state index contributed by atoms with van der Waals surface area (Å²) in [5.41, 5.74) is 5.40. The number of hydrogen-bond acceptors (Lipinski definition) is 5. The molecule has 3 aromatic rings. The lowest BCUT2D eigenvalue weighted by Crippen LogP contribution is -2.50. The van der Waals surface area contributed by atoms with Gasteiger partial charge in [0.05, 0.1) is 5.69 Å². The number of aryl methyl sites for hydroxylation is 2. The third kappa shape index (κ3) is 4.93. The minimum Gasteiger partial charge on any atom is -0.348 e. The van der Waals surface area contributed by atoms with Gasteiger partial charge in [-0.15, -0.1) is 0 Å². The van der Waals surface area contributed by atoms with Crippen LogP contribution in [0.3, 0.4) is 0 Å². The third-order valence-corrected chi connectivity index (χ3v) is 7.62. The quantitative estimate of drug-likeness (QED) is 0.628. The van der Waals surface area contributed by atoms with Crippen molar-refractivity contribution in [3.05, 3.63) is 53.3 Å². The lowest BCUT2D eigenvalue weighted by molar-refractivity contribution is -0.138. The lowest BCUT2D eigenvalue weighted by atomic mass is 9.85. The van der Waals surface area contributed by atoms with Crippen molar-refractivity contribution in [2.24, 2.45) is 5.92 Å².